The van der Waals surface area contributed by atoms with Crippen molar-refractivity contribution >= 4 is 18.9 Å². The second-order valence-electron chi connectivity index (χ2n) is 2.73. The van der Waals surface area contributed by atoms with Gasteiger partial charge in [0.2, 0.25) is 0 Å². The Bertz CT molecular complexity index is 241. The second kappa shape index (κ2) is 7.23. The molecule has 0 bridgehead atoms. The molecule has 0 aromatic carbocycles. The first-order valence-electron chi connectivity index (χ1n) is 4.47. The Morgan fingerprint density at radius 2 is 1.27 bits per heavy atom. The number of alkyl halides is 3. The van der Waals surface area contributed by atoms with Gasteiger partial charge in [-0.25, -0.2) is 0 Å². The van der Waals surface area contributed by atoms with E-state index in [9.17, 15) is 13.2 Å². The minimum atomic E-state index is -5.84. The highest BCUT2D eigenvalue weighted by Crippen LogP contribution is 2.20. The van der Waals surface area contributed by atoms with Gasteiger partial charge in [0, 0.05) is 8.80 Å². The van der Waals surface area contributed by atoms with Crippen molar-refractivity contribution < 1.29 is 26.1 Å². The third kappa shape index (κ3) is 8.88. The summed E-state index contributed by atoms with van der Waals surface area (Å²) in [5.74, 6) is 0. The quantitative estimate of drug-likeness (QED) is 0.485. The summed E-state index contributed by atoms with van der Waals surface area (Å²) in [7, 11) is -5.70. The molecule has 0 atom stereocenters. The van der Waals surface area contributed by atoms with Crippen LogP contribution in [0, 0.1) is 0 Å². The van der Waals surface area contributed by atoms with E-state index in [1.165, 1.54) is 18.1 Å². The van der Waals surface area contributed by atoms with Crippen molar-refractivity contribution in [3.8, 4) is 0 Å². The van der Waals surface area contributed by atoms with Gasteiger partial charge in [0.05, 0.1) is 0 Å². The van der Waals surface area contributed by atoms with E-state index in [1.807, 2.05) is 0 Å². The van der Waals surface area contributed by atoms with Crippen LogP contribution in [0.25, 0.3) is 0 Å². The maximum Gasteiger partial charge on any atom is 0.522 e. The molecule has 1 N–H and O–H groups in total. The van der Waals surface area contributed by atoms with Crippen LogP contribution in [0.1, 0.15) is 20.8 Å². The molecule has 0 aliphatic rings. The molecule has 93 valence electrons. The Kier molecular flexibility index (Phi) is 8.35. The van der Waals surface area contributed by atoms with Gasteiger partial charge >= 0.3 is 15.6 Å². The topological polar surface area (TPSA) is 54.4 Å². The van der Waals surface area contributed by atoms with Crippen LogP contribution >= 0.6 is 0 Å². The van der Waals surface area contributed by atoms with Crippen molar-refractivity contribution in [1.29, 1.82) is 0 Å². The highest BCUT2D eigenvalue weighted by Gasteiger charge is 2.44. The Labute approximate surface area is 90.0 Å². The zero-order valence-electron chi connectivity index (χ0n) is 8.93. The maximum atomic E-state index is 10.7. The summed E-state index contributed by atoms with van der Waals surface area (Å²) >= 11 is 0. The highest BCUT2D eigenvalue weighted by molar-refractivity contribution is 7.86. The molecule has 8 heteroatoms. The molecule has 0 aliphatic carbocycles. The van der Waals surface area contributed by atoms with Crippen molar-refractivity contribution in [3.63, 3.8) is 0 Å². The predicted molar refractivity (Wildman–Crippen MR) is 54.8 cm³/mol. The Morgan fingerprint density at radius 3 is 1.27 bits per heavy atom. The average Bonchev–Trinajstić information content (AvgIpc) is 2.05. The normalized spacial score (nSPS) is 12.3. The molecule has 0 aromatic heterocycles. The molecule has 0 saturated heterocycles. The molecular weight excluding hydrogens is 249 g/mol. The van der Waals surface area contributed by atoms with Gasteiger partial charge in [-0.05, 0) is 0 Å². The van der Waals surface area contributed by atoms with Gasteiger partial charge in [-0.1, -0.05) is 38.9 Å². The zero-order chi connectivity index (χ0) is 12.7. The van der Waals surface area contributed by atoms with Crippen LogP contribution in [0.4, 0.5) is 13.2 Å². The fourth-order valence-electron chi connectivity index (χ4n) is 0.750. The minimum Gasteiger partial charge on any atom is -0.279 e. The monoisotopic (exact) mass is 265 g/mol. The number of hydrogen-bond acceptors (Lipinski definition) is 2. The van der Waals surface area contributed by atoms with Crippen molar-refractivity contribution in [2.24, 2.45) is 0 Å². The van der Waals surface area contributed by atoms with Crippen LogP contribution in [0.2, 0.25) is 18.1 Å². The largest absolute Gasteiger partial charge is 0.522 e. The first kappa shape index (κ1) is 17.3. The molecule has 0 amide bonds. The van der Waals surface area contributed by atoms with E-state index in [1.54, 1.807) is 0 Å². The zero-order valence-corrected chi connectivity index (χ0v) is 10.7. The molecule has 0 spiro atoms. The average molecular weight is 265 g/mol. The van der Waals surface area contributed by atoms with Crippen LogP contribution < -0.4 is 0 Å². The first-order valence-corrected chi connectivity index (χ1v) is 8.03. The van der Waals surface area contributed by atoms with Crippen molar-refractivity contribution in [3.05, 3.63) is 0 Å². The lowest BCUT2D eigenvalue weighted by Gasteiger charge is -2.02. The third-order valence-electron chi connectivity index (χ3n) is 1.79. The van der Waals surface area contributed by atoms with Crippen molar-refractivity contribution in [2.45, 2.75) is 44.4 Å². The molecule has 0 fully saturated rings. The molecule has 0 aliphatic heterocycles. The van der Waals surface area contributed by atoms with Gasteiger partial charge < -0.3 is 0 Å². The fourth-order valence-corrected chi connectivity index (χ4v) is 2.25. The van der Waals surface area contributed by atoms with Crippen LogP contribution in [-0.4, -0.2) is 27.3 Å². The van der Waals surface area contributed by atoms with Crippen LogP contribution in [-0.2, 0) is 10.1 Å². The van der Waals surface area contributed by atoms with E-state index in [-0.39, 0.29) is 8.80 Å². The van der Waals surface area contributed by atoms with Crippen LogP contribution in [0.15, 0.2) is 0 Å². The van der Waals surface area contributed by atoms with E-state index in [4.69, 9.17) is 13.0 Å². The van der Waals surface area contributed by atoms with Crippen molar-refractivity contribution in [1.82, 2.24) is 0 Å². The van der Waals surface area contributed by atoms with E-state index in [2.05, 4.69) is 20.8 Å². The molecule has 0 unspecified atom stereocenters. The second-order valence-corrected chi connectivity index (χ2v) is 7.77. The first-order chi connectivity index (χ1) is 6.60. The summed E-state index contributed by atoms with van der Waals surface area (Å²) in [4.78, 5) is 0. The van der Waals surface area contributed by atoms with Crippen LogP contribution in [0.3, 0.4) is 0 Å². The van der Waals surface area contributed by atoms with Gasteiger partial charge in [0.1, 0.15) is 0 Å². The van der Waals surface area contributed by atoms with Gasteiger partial charge in [-0.2, -0.15) is 21.6 Å². The molecule has 0 saturated carbocycles. The highest BCUT2D eigenvalue weighted by atomic mass is 32.2. The lowest BCUT2D eigenvalue weighted by atomic mass is 10.9. The Hall–Kier alpha value is -0.0831. The maximum absolute atomic E-state index is 10.7. The van der Waals surface area contributed by atoms with E-state index < -0.39 is 15.6 Å². The van der Waals surface area contributed by atoms with Gasteiger partial charge in [0.25, 0.3) is 0 Å². The summed E-state index contributed by atoms with van der Waals surface area (Å²) in [6.07, 6.45) is 0. The molecule has 15 heavy (non-hydrogen) atoms. The lowest BCUT2D eigenvalue weighted by Crippen LogP contribution is -2.21. The summed E-state index contributed by atoms with van der Waals surface area (Å²) in [5, 5.41) is 0. The molecule has 3 nitrogen and oxygen atoms in total. The molecule has 0 rings (SSSR count). The summed E-state index contributed by atoms with van der Waals surface area (Å²) in [6.45, 7) is 6.92. The molecular formula is C7H16F3O3SSi. The summed E-state index contributed by atoms with van der Waals surface area (Å²) in [5.41, 5.74) is -5.53. The number of halogens is 3. The third-order valence-corrected chi connectivity index (χ3v) is 5.38. The predicted octanol–water partition coefficient (Wildman–Crippen LogP) is 2.93. The van der Waals surface area contributed by atoms with Gasteiger partial charge in [0.15, 0.2) is 0 Å². The lowest BCUT2D eigenvalue weighted by molar-refractivity contribution is -0.0510. The SMILES string of the molecule is CC[Si](CC)CC.O=S(=O)(O)C(F)(F)F. The van der Waals surface area contributed by atoms with Gasteiger partial charge in [-0.3, -0.25) is 4.55 Å². The Morgan fingerprint density at radius 1 is 1.07 bits per heavy atom. The standard InChI is InChI=1S/C6H15Si.CHF3O3S/c1-4-7(5-2)6-3;2-1(3,4)8(5,6)7/h4-6H2,1-3H3;(H,5,6,7). The van der Waals surface area contributed by atoms with Crippen molar-refractivity contribution in [2.75, 3.05) is 0 Å². The molecule has 0 heterocycles. The summed E-state index contributed by atoms with van der Waals surface area (Å²) in [6, 6.07) is 4.37. The number of hydrogen-bond donors (Lipinski definition) is 1. The van der Waals surface area contributed by atoms with Gasteiger partial charge in [-0.15, -0.1) is 0 Å². The summed E-state index contributed by atoms with van der Waals surface area (Å²) < 4.78 is 57.5. The van der Waals surface area contributed by atoms with E-state index in [0.29, 0.717) is 0 Å². The fraction of sp³-hybridized carbons (Fsp3) is 1.00. The van der Waals surface area contributed by atoms with E-state index >= 15 is 0 Å². The molecule has 1 radical (unpaired) electrons. The minimum absolute atomic E-state index is 0.137. The number of rotatable bonds is 3. The smallest absolute Gasteiger partial charge is 0.279 e. The van der Waals surface area contributed by atoms with Crippen LogP contribution in [0.5, 0.6) is 0 Å². The van der Waals surface area contributed by atoms with E-state index in [0.717, 1.165) is 0 Å². The molecule has 0 aromatic rings. The Balaban J connectivity index is 0.